The Labute approximate surface area is 167 Å². The van der Waals surface area contributed by atoms with Crippen molar-refractivity contribution in [2.75, 3.05) is 25.2 Å². The van der Waals surface area contributed by atoms with Crippen LogP contribution < -0.4 is 5.32 Å². The van der Waals surface area contributed by atoms with Gasteiger partial charge in [-0.2, -0.15) is 0 Å². The number of rotatable bonds is 5. The molecule has 0 bridgehead atoms. The molecular weight excluding hydrogens is 376 g/mol. The van der Waals surface area contributed by atoms with Gasteiger partial charge in [-0.3, -0.25) is 4.79 Å². The molecule has 0 saturated carbocycles. The van der Waals surface area contributed by atoms with Crippen molar-refractivity contribution >= 4 is 45.0 Å². The van der Waals surface area contributed by atoms with Gasteiger partial charge in [0.2, 0.25) is 0 Å². The van der Waals surface area contributed by atoms with Gasteiger partial charge in [0.15, 0.2) is 5.78 Å². The van der Waals surface area contributed by atoms with Gasteiger partial charge in [0, 0.05) is 24.6 Å². The fourth-order valence-electron chi connectivity index (χ4n) is 3.25. The molecule has 4 heterocycles. The zero-order valence-corrected chi connectivity index (χ0v) is 16.7. The molecule has 2 atom stereocenters. The van der Waals surface area contributed by atoms with Crippen LogP contribution in [0.5, 0.6) is 0 Å². The minimum atomic E-state index is -0.579. The summed E-state index contributed by atoms with van der Waals surface area (Å²) in [5.74, 6) is 0.0117. The number of carbonyl (C=O) groups excluding carboxylic acids is 1. The second-order valence-corrected chi connectivity index (χ2v) is 7.77. The second-order valence-electron chi connectivity index (χ2n) is 6.77. The molecule has 0 spiro atoms. The molecule has 2 aromatic rings. The number of hydrogen-bond donors (Lipinski definition) is 1. The van der Waals surface area contributed by atoms with Gasteiger partial charge in [0.1, 0.15) is 28.2 Å². The number of pyridine rings is 1. The SMILES string of the molecule is C=CC1(C)OCOC1/C=C/N1C=Nc2c(sc3nccc(NCC)c23)C(=O)C1. The van der Waals surface area contributed by atoms with Gasteiger partial charge >= 0.3 is 0 Å². The molecule has 2 aliphatic rings. The highest BCUT2D eigenvalue weighted by Crippen LogP contribution is 2.42. The third kappa shape index (κ3) is 3.23. The predicted octanol–water partition coefficient (Wildman–Crippen LogP) is 3.72. The first-order valence-electron chi connectivity index (χ1n) is 9.11. The number of anilines is 1. The van der Waals surface area contributed by atoms with Crippen LogP contribution >= 0.6 is 11.3 Å². The summed E-state index contributed by atoms with van der Waals surface area (Å²) in [5, 5.41) is 4.22. The topological polar surface area (TPSA) is 76.1 Å². The average molecular weight is 398 g/mol. The van der Waals surface area contributed by atoms with Crippen LogP contribution in [0.15, 0.2) is 42.2 Å². The number of thiophene rings is 1. The first kappa shape index (κ1) is 18.8. The normalized spacial score (nSPS) is 24.7. The summed E-state index contributed by atoms with van der Waals surface area (Å²) >= 11 is 1.39. The van der Waals surface area contributed by atoms with Gasteiger partial charge in [-0.25, -0.2) is 9.98 Å². The molecule has 0 aromatic carbocycles. The lowest BCUT2D eigenvalue weighted by atomic mass is 9.99. The van der Waals surface area contributed by atoms with Crippen LogP contribution in [0.4, 0.5) is 11.4 Å². The molecule has 1 N–H and O–H groups in total. The van der Waals surface area contributed by atoms with E-state index >= 15 is 0 Å². The molecule has 0 amide bonds. The monoisotopic (exact) mass is 398 g/mol. The molecule has 8 heteroatoms. The average Bonchev–Trinajstić information content (AvgIpc) is 3.21. The van der Waals surface area contributed by atoms with Crippen LogP contribution in [0, 0.1) is 0 Å². The summed E-state index contributed by atoms with van der Waals surface area (Å²) in [4.78, 5) is 25.1. The van der Waals surface area contributed by atoms with Crippen LogP contribution in [-0.4, -0.2) is 53.6 Å². The summed E-state index contributed by atoms with van der Waals surface area (Å²) in [5.41, 5.74) is 1.04. The molecule has 1 fully saturated rings. The Morgan fingerprint density at radius 1 is 1.54 bits per heavy atom. The molecule has 7 nitrogen and oxygen atoms in total. The van der Waals surface area contributed by atoms with E-state index in [2.05, 4.69) is 21.9 Å². The molecular formula is C20H22N4O3S. The van der Waals surface area contributed by atoms with E-state index in [4.69, 9.17) is 9.47 Å². The molecule has 2 aromatic heterocycles. The number of aromatic nitrogens is 1. The number of carbonyl (C=O) groups is 1. The Kier molecular flexibility index (Phi) is 5.01. The number of ketones is 1. The van der Waals surface area contributed by atoms with Gasteiger partial charge in [0.05, 0.1) is 24.0 Å². The van der Waals surface area contributed by atoms with Gasteiger partial charge in [-0.1, -0.05) is 6.08 Å². The number of nitrogens with one attached hydrogen (secondary N) is 1. The van der Waals surface area contributed by atoms with Crippen LogP contribution in [0.1, 0.15) is 23.5 Å². The minimum absolute atomic E-state index is 0.0117. The summed E-state index contributed by atoms with van der Waals surface area (Å²) in [6, 6.07) is 1.91. The van der Waals surface area contributed by atoms with E-state index in [-0.39, 0.29) is 25.2 Å². The van der Waals surface area contributed by atoms with Crippen molar-refractivity contribution in [3.63, 3.8) is 0 Å². The molecule has 1 saturated heterocycles. The van der Waals surface area contributed by atoms with Crippen molar-refractivity contribution in [2.45, 2.75) is 25.6 Å². The molecule has 2 unspecified atom stereocenters. The lowest BCUT2D eigenvalue weighted by Gasteiger charge is -2.22. The third-order valence-corrected chi connectivity index (χ3v) is 6.02. The van der Waals surface area contributed by atoms with E-state index < -0.39 is 5.60 Å². The second kappa shape index (κ2) is 7.46. The zero-order chi connectivity index (χ0) is 19.7. The maximum absolute atomic E-state index is 12.9. The number of ether oxygens (including phenoxy) is 2. The number of aliphatic imine (C=N–C) groups is 1. The minimum Gasteiger partial charge on any atom is -0.385 e. The quantitative estimate of drug-likeness (QED) is 0.774. The van der Waals surface area contributed by atoms with Crippen molar-refractivity contribution < 1.29 is 14.3 Å². The Morgan fingerprint density at radius 3 is 3.18 bits per heavy atom. The highest BCUT2D eigenvalue weighted by atomic mass is 32.1. The van der Waals surface area contributed by atoms with E-state index in [1.807, 2.05) is 32.2 Å². The lowest BCUT2D eigenvalue weighted by Crippen LogP contribution is -2.33. The fourth-order valence-corrected chi connectivity index (χ4v) is 4.30. The highest BCUT2D eigenvalue weighted by Gasteiger charge is 2.37. The first-order chi connectivity index (χ1) is 13.6. The van der Waals surface area contributed by atoms with Crippen LogP contribution in [0.3, 0.4) is 0 Å². The molecule has 2 aliphatic heterocycles. The summed E-state index contributed by atoms with van der Waals surface area (Å²) < 4.78 is 11.2. The standard InChI is InChI=1S/C20H22N4O3S/c1-4-20(3)15(26-12-27-20)7-9-24-10-14(25)18-17(23-11-24)16-13(21-5-2)6-8-22-19(16)28-18/h4,6-9,11,15H,1,5,10,12H2,2-3H3,(H,21,22)/b9-7+. The first-order valence-corrected chi connectivity index (χ1v) is 9.93. The Bertz CT molecular complexity index is 983. The van der Waals surface area contributed by atoms with E-state index in [0.717, 1.165) is 22.4 Å². The van der Waals surface area contributed by atoms with Gasteiger partial charge in [0.25, 0.3) is 0 Å². The largest absolute Gasteiger partial charge is 0.385 e. The Morgan fingerprint density at radius 2 is 2.39 bits per heavy atom. The highest BCUT2D eigenvalue weighted by molar-refractivity contribution is 7.21. The molecule has 28 heavy (non-hydrogen) atoms. The molecule has 0 radical (unpaired) electrons. The third-order valence-electron chi connectivity index (χ3n) is 4.89. The smallest absolute Gasteiger partial charge is 0.194 e. The number of hydrogen-bond acceptors (Lipinski definition) is 8. The van der Waals surface area contributed by atoms with Gasteiger partial charge < -0.3 is 19.7 Å². The maximum atomic E-state index is 12.9. The maximum Gasteiger partial charge on any atom is 0.194 e. The van der Waals surface area contributed by atoms with E-state index in [9.17, 15) is 4.79 Å². The number of Topliss-reactive ketones (excluding diaryl/α,β-unsaturated/α-hetero) is 1. The van der Waals surface area contributed by atoms with Gasteiger partial charge in [-0.05, 0) is 26.0 Å². The lowest BCUT2D eigenvalue weighted by molar-refractivity contribution is 0.0252. The van der Waals surface area contributed by atoms with E-state index in [1.165, 1.54) is 11.3 Å². The number of nitrogens with zero attached hydrogens (tertiary/aromatic N) is 3. The summed E-state index contributed by atoms with van der Waals surface area (Å²) in [7, 11) is 0. The van der Waals surface area contributed by atoms with Crippen molar-refractivity contribution in [3.8, 4) is 0 Å². The molecule has 0 aliphatic carbocycles. The summed E-state index contributed by atoms with van der Waals surface area (Å²) in [6.45, 7) is 8.97. The van der Waals surface area contributed by atoms with Crippen molar-refractivity contribution in [2.24, 2.45) is 4.99 Å². The predicted molar refractivity (Wildman–Crippen MR) is 112 cm³/mol. The molecule has 146 valence electrons. The van der Waals surface area contributed by atoms with E-state index in [0.29, 0.717) is 10.6 Å². The van der Waals surface area contributed by atoms with Crippen molar-refractivity contribution in [1.29, 1.82) is 0 Å². The Hall–Kier alpha value is -2.55. The number of fused-ring (bicyclic) bond motifs is 3. The summed E-state index contributed by atoms with van der Waals surface area (Å²) in [6.07, 6.45) is 8.57. The van der Waals surface area contributed by atoms with Crippen LogP contribution in [-0.2, 0) is 9.47 Å². The fraction of sp³-hybridized carbons (Fsp3) is 0.350. The zero-order valence-electron chi connectivity index (χ0n) is 15.8. The van der Waals surface area contributed by atoms with Crippen molar-refractivity contribution in [1.82, 2.24) is 9.88 Å². The molecule has 4 rings (SSSR count). The van der Waals surface area contributed by atoms with E-state index in [1.54, 1.807) is 23.5 Å². The van der Waals surface area contributed by atoms with Crippen LogP contribution in [0.25, 0.3) is 10.2 Å². The Balaban J connectivity index is 1.65. The van der Waals surface area contributed by atoms with Crippen molar-refractivity contribution in [3.05, 3.63) is 42.1 Å². The van der Waals surface area contributed by atoms with Gasteiger partial charge in [-0.15, -0.1) is 17.9 Å². The van der Waals surface area contributed by atoms with Crippen LogP contribution in [0.2, 0.25) is 0 Å².